The summed E-state index contributed by atoms with van der Waals surface area (Å²) >= 11 is 0. The fraction of sp³-hybridized carbons (Fsp3) is 0.286. The predicted molar refractivity (Wildman–Crippen MR) is 68.1 cm³/mol. The first kappa shape index (κ1) is 14.9. The van der Waals surface area contributed by atoms with Crippen LogP contribution >= 0.6 is 0 Å². The third-order valence-electron chi connectivity index (χ3n) is 2.19. The fourth-order valence-electron chi connectivity index (χ4n) is 1.34. The van der Waals surface area contributed by atoms with E-state index in [-0.39, 0.29) is 13.2 Å². The first-order valence-corrected chi connectivity index (χ1v) is 5.90. The van der Waals surface area contributed by atoms with Crippen molar-refractivity contribution in [3.63, 3.8) is 0 Å². The van der Waals surface area contributed by atoms with E-state index in [1.165, 1.54) is 24.3 Å². The number of hydrogen-bond acceptors (Lipinski definition) is 4. The number of halogens is 1. The van der Waals surface area contributed by atoms with Gasteiger partial charge in [-0.25, -0.2) is 9.59 Å². The van der Waals surface area contributed by atoms with E-state index in [0.717, 1.165) is 6.08 Å². The molecule has 0 aromatic heterocycles. The summed E-state index contributed by atoms with van der Waals surface area (Å²) in [6.07, 6.45) is 1.05. The molecule has 4 nitrogen and oxygen atoms in total. The molecule has 102 valence electrons. The topological polar surface area (TPSA) is 52.6 Å². The summed E-state index contributed by atoms with van der Waals surface area (Å²) in [5, 5.41) is 0. The molecule has 0 heterocycles. The van der Waals surface area contributed by atoms with E-state index in [1.807, 2.05) is 0 Å². The van der Waals surface area contributed by atoms with Crippen LogP contribution in [0.15, 0.2) is 30.1 Å². The molecular formula is C14H15FO4. The quantitative estimate of drug-likeness (QED) is 0.607. The molecule has 0 bridgehead atoms. The summed E-state index contributed by atoms with van der Waals surface area (Å²) in [5.41, 5.74) is 0.828. The van der Waals surface area contributed by atoms with Gasteiger partial charge in [0, 0.05) is 0 Å². The van der Waals surface area contributed by atoms with Crippen molar-refractivity contribution in [3.05, 3.63) is 41.2 Å². The van der Waals surface area contributed by atoms with E-state index >= 15 is 0 Å². The number of benzene rings is 1. The zero-order valence-electron chi connectivity index (χ0n) is 10.8. The van der Waals surface area contributed by atoms with Crippen LogP contribution in [0.3, 0.4) is 0 Å². The molecule has 0 unspecified atom stereocenters. The monoisotopic (exact) mass is 266 g/mol. The molecule has 5 heteroatoms. The average molecular weight is 266 g/mol. The van der Waals surface area contributed by atoms with Crippen LogP contribution in [-0.4, -0.2) is 25.2 Å². The zero-order chi connectivity index (χ0) is 14.3. The van der Waals surface area contributed by atoms with Gasteiger partial charge in [-0.3, -0.25) is 0 Å². The van der Waals surface area contributed by atoms with E-state index in [4.69, 9.17) is 4.74 Å². The van der Waals surface area contributed by atoms with Crippen molar-refractivity contribution in [2.75, 3.05) is 13.2 Å². The maximum atomic E-state index is 13.3. The van der Waals surface area contributed by atoms with Gasteiger partial charge in [-0.05, 0) is 37.6 Å². The Bertz CT molecular complexity index is 477. The summed E-state index contributed by atoms with van der Waals surface area (Å²) < 4.78 is 22.7. The summed E-state index contributed by atoms with van der Waals surface area (Å²) in [5.74, 6) is -2.42. The Balaban J connectivity index is 2.79. The molecule has 0 spiro atoms. The van der Waals surface area contributed by atoms with Crippen LogP contribution in [0.1, 0.15) is 29.8 Å². The molecule has 0 saturated carbocycles. The normalized spacial score (nSPS) is 11.0. The Labute approximate surface area is 110 Å². The van der Waals surface area contributed by atoms with Crippen molar-refractivity contribution in [1.82, 2.24) is 0 Å². The van der Waals surface area contributed by atoms with Crippen molar-refractivity contribution in [2.45, 2.75) is 13.8 Å². The molecule has 0 aliphatic carbocycles. The number of carbonyl (C=O) groups excluding carboxylic acids is 2. The molecule has 0 N–H and O–H groups in total. The van der Waals surface area contributed by atoms with Crippen molar-refractivity contribution in [3.8, 4) is 0 Å². The van der Waals surface area contributed by atoms with Crippen LogP contribution in [0.25, 0.3) is 6.08 Å². The second kappa shape index (κ2) is 7.31. The smallest absolute Gasteiger partial charge is 0.367 e. The minimum absolute atomic E-state index is 0.113. The van der Waals surface area contributed by atoms with Crippen LogP contribution in [0, 0.1) is 0 Å². The maximum absolute atomic E-state index is 13.3. The molecule has 0 atom stereocenters. The molecule has 0 aliphatic heterocycles. The number of ether oxygens (including phenoxy) is 2. The summed E-state index contributed by atoms with van der Waals surface area (Å²) in [6.45, 7) is 3.71. The van der Waals surface area contributed by atoms with Gasteiger partial charge in [0.15, 0.2) is 0 Å². The summed E-state index contributed by atoms with van der Waals surface area (Å²) in [7, 11) is 0. The number of rotatable bonds is 5. The van der Waals surface area contributed by atoms with Gasteiger partial charge in [0.05, 0.1) is 18.8 Å². The average Bonchev–Trinajstić information content (AvgIpc) is 2.40. The van der Waals surface area contributed by atoms with Crippen molar-refractivity contribution in [2.24, 2.45) is 0 Å². The van der Waals surface area contributed by atoms with E-state index in [0.29, 0.717) is 11.1 Å². The van der Waals surface area contributed by atoms with Gasteiger partial charge in [0.2, 0.25) is 5.83 Å². The molecule has 0 radical (unpaired) electrons. The van der Waals surface area contributed by atoms with Gasteiger partial charge in [0.25, 0.3) is 0 Å². The van der Waals surface area contributed by atoms with Crippen LogP contribution in [0.2, 0.25) is 0 Å². The molecule has 0 amide bonds. The summed E-state index contributed by atoms with van der Waals surface area (Å²) in [4.78, 5) is 22.5. The zero-order valence-corrected chi connectivity index (χ0v) is 10.8. The highest BCUT2D eigenvalue weighted by molar-refractivity contribution is 5.92. The SMILES string of the molecule is CCOC(=O)/C(F)=C/c1ccc(C(=O)OCC)cc1. The van der Waals surface area contributed by atoms with Gasteiger partial charge in [0.1, 0.15) is 0 Å². The van der Waals surface area contributed by atoms with Gasteiger partial charge >= 0.3 is 11.9 Å². The van der Waals surface area contributed by atoms with Crippen LogP contribution in [-0.2, 0) is 14.3 Å². The lowest BCUT2D eigenvalue weighted by Crippen LogP contribution is -2.05. The van der Waals surface area contributed by atoms with Gasteiger partial charge < -0.3 is 9.47 Å². The van der Waals surface area contributed by atoms with E-state index in [1.54, 1.807) is 13.8 Å². The minimum atomic E-state index is -1.00. The molecule has 19 heavy (non-hydrogen) atoms. The second-order valence-corrected chi connectivity index (χ2v) is 3.56. The second-order valence-electron chi connectivity index (χ2n) is 3.56. The lowest BCUT2D eigenvalue weighted by atomic mass is 10.1. The van der Waals surface area contributed by atoms with Gasteiger partial charge in [-0.2, -0.15) is 4.39 Å². The van der Waals surface area contributed by atoms with Crippen molar-refractivity contribution in [1.29, 1.82) is 0 Å². The van der Waals surface area contributed by atoms with Crippen LogP contribution in [0.5, 0.6) is 0 Å². The Kier molecular flexibility index (Phi) is 5.73. The number of esters is 2. The van der Waals surface area contributed by atoms with Crippen LogP contribution in [0.4, 0.5) is 4.39 Å². The Morgan fingerprint density at radius 1 is 1.11 bits per heavy atom. The van der Waals surface area contributed by atoms with Crippen molar-refractivity contribution < 1.29 is 23.5 Å². The third-order valence-corrected chi connectivity index (χ3v) is 2.19. The third kappa shape index (κ3) is 4.54. The van der Waals surface area contributed by atoms with E-state index in [2.05, 4.69) is 4.74 Å². The maximum Gasteiger partial charge on any atom is 0.367 e. The standard InChI is InChI=1S/C14H15FO4/c1-3-18-13(16)11-7-5-10(6-8-11)9-12(15)14(17)19-4-2/h5-9H,3-4H2,1-2H3/b12-9-. The van der Waals surface area contributed by atoms with E-state index < -0.39 is 17.8 Å². The molecular weight excluding hydrogens is 251 g/mol. The van der Waals surface area contributed by atoms with E-state index in [9.17, 15) is 14.0 Å². The van der Waals surface area contributed by atoms with Gasteiger partial charge in [-0.15, -0.1) is 0 Å². The highest BCUT2D eigenvalue weighted by Gasteiger charge is 2.10. The first-order chi connectivity index (χ1) is 9.08. The molecule has 0 aliphatic rings. The fourth-order valence-corrected chi connectivity index (χ4v) is 1.34. The largest absolute Gasteiger partial charge is 0.462 e. The molecule has 1 aromatic carbocycles. The highest BCUT2D eigenvalue weighted by Crippen LogP contribution is 2.12. The first-order valence-electron chi connectivity index (χ1n) is 5.90. The Morgan fingerprint density at radius 3 is 2.21 bits per heavy atom. The highest BCUT2D eigenvalue weighted by atomic mass is 19.1. The van der Waals surface area contributed by atoms with Gasteiger partial charge in [-0.1, -0.05) is 12.1 Å². The van der Waals surface area contributed by atoms with Crippen molar-refractivity contribution >= 4 is 18.0 Å². The molecule has 0 saturated heterocycles. The molecule has 1 rings (SSSR count). The Morgan fingerprint density at radius 2 is 1.68 bits per heavy atom. The summed E-state index contributed by atoms with van der Waals surface area (Å²) in [6, 6.07) is 6.04. The number of carbonyl (C=O) groups is 2. The Hall–Kier alpha value is -2.17. The number of hydrogen-bond donors (Lipinski definition) is 0. The lowest BCUT2D eigenvalue weighted by Gasteiger charge is -2.02. The predicted octanol–water partition coefficient (Wildman–Crippen LogP) is 2.74. The minimum Gasteiger partial charge on any atom is -0.462 e. The molecule has 1 aromatic rings. The lowest BCUT2D eigenvalue weighted by molar-refractivity contribution is -0.140. The van der Waals surface area contributed by atoms with Crippen LogP contribution < -0.4 is 0 Å². The molecule has 0 fully saturated rings.